The van der Waals surface area contributed by atoms with Gasteiger partial charge in [-0.25, -0.2) is 14.3 Å². The van der Waals surface area contributed by atoms with Gasteiger partial charge in [-0.2, -0.15) is 5.10 Å². The Morgan fingerprint density at radius 2 is 1.90 bits per heavy atom. The third-order valence-electron chi connectivity index (χ3n) is 5.37. The molecule has 0 saturated carbocycles. The molecule has 5 rings (SSSR count). The Bertz CT molecular complexity index is 1270. The van der Waals surface area contributed by atoms with Gasteiger partial charge in [0.05, 0.1) is 23.1 Å². The van der Waals surface area contributed by atoms with Crippen LogP contribution in [0.3, 0.4) is 0 Å². The van der Waals surface area contributed by atoms with Crippen molar-refractivity contribution in [1.82, 2.24) is 19.9 Å². The van der Waals surface area contributed by atoms with E-state index in [0.717, 1.165) is 29.9 Å². The maximum absolute atomic E-state index is 12.7. The molecule has 1 N–H and O–H groups in total. The third kappa shape index (κ3) is 3.27. The quantitative estimate of drug-likeness (QED) is 0.531. The Morgan fingerprint density at radius 3 is 2.69 bits per heavy atom. The van der Waals surface area contributed by atoms with Gasteiger partial charge in [-0.1, -0.05) is 0 Å². The fourth-order valence-corrected chi connectivity index (χ4v) is 4.12. The van der Waals surface area contributed by atoms with Crippen molar-refractivity contribution in [2.75, 3.05) is 18.0 Å². The number of hydrogen-bond acceptors (Lipinski definition) is 6. The van der Waals surface area contributed by atoms with Crippen molar-refractivity contribution in [2.24, 2.45) is 0 Å². The predicted molar refractivity (Wildman–Crippen MR) is 113 cm³/mol. The second-order valence-corrected chi connectivity index (χ2v) is 7.95. The van der Waals surface area contributed by atoms with E-state index in [1.807, 2.05) is 37.3 Å². The molecule has 3 aromatic heterocycles. The molecule has 7 heteroatoms. The van der Waals surface area contributed by atoms with Gasteiger partial charge in [-0.3, -0.25) is 0 Å². The van der Waals surface area contributed by atoms with Gasteiger partial charge in [0, 0.05) is 42.3 Å². The molecule has 7 nitrogen and oxygen atoms in total. The van der Waals surface area contributed by atoms with Crippen molar-refractivity contribution in [3.05, 3.63) is 58.7 Å². The Kier molecular flexibility index (Phi) is 4.13. The highest BCUT2D eigenvalue weighted by atomic mass is 16.4. The lowest BCUT2D eigenvalue weighted by Crippen LogP contribution is -2.54. The van der Waals surface area contributed by atoms with Crippen LogP contribution in [-0.2, 0) is 0 Å². The van der Waals surface area contributed by atoms with Crippen LogP contribution in [0.5, 0.6) is 0 Å². The van der Waals surface area contributed by atoms with E-state index in [9.17, 15) is 4.79 Å². The molecule has 2 unspecified atom stereocenters. The van der Waals surface area contributed by atoms with E-state index in [1.165, 1.54) is 0 Å². The zero-order valence-corrected chi connectivity index (χ0v) is 16.7. The summed E-state index contributed by atoms with van der Waals surface area (Å²) in [4.78, 5) is 19.6. The largest absolute Gasteiger partial charge is 0.422 e. The SMILES string of the molecule is Cc1ccc2nc(-c3cc4ccc(N5CC(C)NC(C)C5)cc4oc3=O)cn2n1. The molecule has 0 aliphatic carbocycles. The van der Waals surface area contributed by atoms with Gasteiger partial charge in [0.25, 0.3) is 0 Å². The maximum Gasteiger partial charge on any atom is 0.345 e. The molecule has 0 spiro atoms. The topological polar surface area (TPSA) is 75.7 Å². The molecule has 0 radical (unpaired) electrons. The number of anilines is 1. The monoisotopic (exact) mass is 389 g/mol. The highest BCUT2D eigenvalue weighted by Crippen LogP contribution is 2.26. The number of aromatic nitrogens is 3. The highest BCUT2D eigenvalue weighted by molar-refractivity contribution is 5.84. The third-order valence-corrected chi connectivity index (χ3v) is 5.37. The second-order valence-electron chi connectivity index (χ2n) is 7.95. The number of fused-ring (bicyclic) bond motifs is 2. The molecule has 29 heavy (non-hydrogen) atoms. The number of piperazine rings is 1. The zero-order chi connectivity index (χ0) is 20.1. The number of hydrogen-bond donors (Lipinski definition) is 1. The minimum atomic E-state index is -0.392. The van der Waals surface area contributed by atoms with Gasteiger partial charge >= 0.3 is 5.63 Å². The van der Waals surface area contributed by atoms with Crippen molar-refractivity contribution in [3.8, 4) is 11.3 Å². The number of imidazole rings is 1. The van der Waals surface area contributed by atoms with Crippen molar-refractivity contribution in [1.29, 1.82) is 0 Å². The van der Waals surface area contributed by atoms with Crippen LogP contribution < -0.4 is 15.8 Å². The first-order valence-corrected chi connectivity index (χ1v) is 9.88. The summed E-state index contributed by atoms with van der Waals surface area (Å²) in [5.74, 6) is 0. The minimum absolute atomic E-state index is 0.392. The van der Waals surface area contributed by atoms with Gasteiger partial charge in [0.2, 0.25) is 0 Å². The van der Waals surface area contributed by atoms with Gasteiger partial charge in [-0.05, 0) is 51.1 Å². The summed E-state index contributed by atoms with van der Waals surface area (Å²) in [6.45, 7) is 8.13. The van der Waals surface area contributed by atoms with Crippen LogP contribution in [0.2, 0.25) is 0 Å². The lowest BCUT2D eigenvalue weighted by atomic mass is 10.1. The molecule has 1 aliphatic heterocycles. The smallest absolute Gasteiger partial charge is 0.345 e. The fourth-order valence-electron chi connectivity index (χ4n) is 4.12. The lowest BCUT2D eigenvalue weighted by Gasteiger charge is -2.37. The Labute approximate surface area is 168 Å². The Hall–Kier alpha value is -3.19. The molecule has 1 aromatic carbocycles. The van der Waals surface area contributed by atoms with Crippen LogP contribution in [0.4, 0.5) is 5.69 Å². The van der Waals surface area contributed by atoms with Crippen molar-refractivity contribution in [3.63, 3.8) is 0 Å². The number of aryl methyl sites for hydroxylation is 1. The predicted octanol–water partition coefficient (Wildman–Crippen LogP) is 3.00. The van der Waals surface area contributed by atoms with Gasteiger partial charge in [0.15, 0.2) is 5.65 Å². The van der Waals surface area contributed by atoms with E-state index >= 15 is 0 Å². The van der Waals surface area contributed by atoms with E-state index < -0.39 is 5.63 Å². The first-order valence-electron chi connectivity index (χ1n) is 9.88. The molecular formula is C22H23N5O2. The summed E-state index contributed by atoms with van der Waals surface area (Å²) < 4.78 is 7.37. The van der Waals surface area contributed by atoms with Crippen LogP contribution in [0.15, 0.2) is 51.8 Å². The fraction of sp³-hybridized carbons (Fsp3) is 0.318. The van der Waals surface area contributed by atoms with Crippen molar-refractivity contribution in [2.45, 2.75) is 32.9 Å². The van der Waals surface area contributed by atoms with E-state index in [4.69, 9.17) is 4.42 Å². The number of nitrogens with zero attached hydrogens (tertiary/aromatic N) is 4. The van der Waals surface area contributed by atoms with Crippen LogP contribution in [-0.4, -0.2) is 39.8 Å². The molecule has 2 atom stereocenters. The van der Waals surface area contributed by atoms with Crippen LogP contribution in [0.25, 0.3) is 27.9 Å². The van der Waals surface area contributed by atoms with E-state index in [2.05, 4.69) is 40.2 Å². The van der Waals surface area contributed by atoms with Crippen LogP contribution in [0.1, 0.15) is 19.5 Å². The van der Waals surface area contributed by atoms with Crippen molar-refractivity contribution >= 4 is 22.3 Å². The van der Waals surface area contributed by atoms with E-state index in [0.29, 0.717) is 34.6 Å². The summed E-state index contributed by atoms with van der Waals surface area (Å²) in [5.41, 5.74) is 3.86. The standard InChI is InChI=1S/C22H23N5O2/c1-13-4-7-21-24-19(12-27(21)25-13)18-8-16-5-6-17(9-20(16)29-22(18)28)26-10-14(2)23-15(3)11-26/h4-9,12,14-15,23H,10-11H2,1-3H3. The molecule has 1 fully saturated rings. The summed E-state index contributed by atoms with van der Waals surface area (Å²) in [6, 6.07) is 12.5. The number of nitrogens with one attached hydrogen (secondary N) is 1. The maximum atomic E-state index is 12.7. The highest BCUT2D eigenvalue weighted by Gasteiger charge is 2.21. The Morgan fingerprint density at radius 1 is 1.10 bits per heavy atom. The zero-order valence-electron chi connectivity index (χ0n) is 16.7. The summed E-state index contributed by atoms with van der Waals surface area (Å²) >= 11 is 0. The molecule has 1 saturated heterocycles. The molecule has 4 aromatic rings. The first kappa shape index (κ1) is 17.9. The molecular weight excluding hydrogens is 366 g/mol. The first-order chi connectivity index (χ1) is 14.0. The average molecular weight is 389 g/mol. The number of rotatable bonds is 2. The van der Waals surface area contributed by atoms with Crippen LogP contribution in [0, 0.1) is 6.92 Å². The molecule has 0 amide bonds. The van der Waals surface area contributed by atoms with Gasteiger partial charge < -0.3 is 14.6 Å². The molecule has 4 heterocycles. The van der Waals surface area contributed by atoms with Gasteiger partial charge in [0.1, 0.15) is 5.58 Å². The van der Waals surface area contributed by atoms with E-state index in [-0.39, 0.29) is 0 Å². The number of benzene rings is 1. The molecule has 148 valence electrons. The Balaban J connectivity index is 1.55. The molecule has 0 bridgehead atoms. The summed E-state index contributed by atoms with van der Waals surface area (Å²) in [5, 5.41) is 8.81. The average Bonchev–Trinajstić information content (AvgIpc) is 3.09. The second kappa shape index (κ2) is 6.70. The van der Waals surface area contributed by atoms with E-state index in [1.54, 1.807) is 10.7 Å². The van der Waals surface area contributed by atoms with Crippen molar-refractivity contribution < 1.29 is 4.42 Å². The summed E-state index contributed by atoms with van der Waals surface area (Å²) in [7, 11) is 0. The minimum Gasteiger partial charge on any atom is -0.422 e. The molecule has 1 aliphatic rings. The van der Waals surface area contributed by atoms with Crippen LogP contribution >= 0.6 is 0 Å². The normalized spacial score (nSPS) is 19.9. The van der Waals surface area contributed by atoms with Gasteiger partial charge in [-0.15, -0.1) is 0 Å². The lowest BCUT2D eigenvalue weighted by molar-refractivity contribution is 0.407. The summed E-state index contributed by atoms with van der Waals surface area (Å²) in [6.07, 6.45) is 1.76.